The average molecular weight is 741 g/mol. The van der Waals surface area contributed by atoms with Crippen LogP contribution in [0.5, 0.6) is 11.5 Å². The molecule has 4 fully saturated rings. The number of carbonyl (C=O) groups excluding carboxylic acids is 4. The molecule has 4 aromatic carbocycles. The van der Waals surface area contributed by atoms with Crippen LogP contribution in [0.4, 0.5) is 5.69 Å². The molecular weight excluding hydrogens is 700 g/mol. The van der Waals surface area contributed by atoms with Gasteiger partial charge in [-0.05, 0) is 67.0 Å². The number of ether oxygens (including phenoxy) is 1. The number of phenolic OH excluding ortho intramolecular Hbond substituents is 1. The van der Waals surface area contributed by atoms with Gasteiger partial charge in [0.05, 0.1) is 28.9 Å². The summed E-state index contributed by atoms with van der Waals surface area (Å²) in [7, 11) is 0. The molecule has 0 radical (unpaired) electrons. The number of fused-ring (bicyclic) bond motifs is 4. The molecule has 6 unspecified atom stereocenters. The number of halogens is 1. The van der Waals surface area contributed by atoms with Gasteiger partial charge in [0, 0.05) is 28.6 Å². The Morgan fingerprint density at radius 3 is 2.24 bits per heavy atom. The number of likely N-dealkylation sites (tertiary alicyclic amines) is 1. The maximum absolute atomic E-state index is 15.5. The molecule has 2 saturated carbocycles. The van der Waals surface area contributed by atoms with E-state index in [1.165, 1.54) is 4.90 Å². The van der Waals surface area contributed by atoms with Crippen LogP contribution in [0, 0.1) is 23.7 Å². The molecule has 0 bridgehead atoms. The van der Waals surface area contributed by atoms with Gasteiger partial charge in [0.2, 0.25) is 23.6 Å². The summed E-state index contributed by atoms with van der Waals surface area (Å²) in [6.07, 6.45) is 7.24. The number of amides is 4. The summed E-state index contributed by atoms with van der Waals surface area (Å²) >= 11 is 6.44. The van der Waals surface area contributed by atoms with Gasteiger partial charge in [0.1, 0.15) is 18.1 Å². The zero-order valence-electron chi connectivity index (χ0n) is 29.8. The molecule has 0 spiro atoms. The summed E-state index contributed by atoms with van der Waals surface area (Å²) in [5.41, 5.74) is 1.77. The van der Waals surface area contributed by atoms with Gasteiger partial charge in [-0.2, -0.15) is 0 Å². The van der Waals surface area contributed by atoms with Crippen LogP contribution in [0.25, 0.3) is 0 Å². The lowest BCUT2D eigenvalue weighted by molar-refractivity contribution is -0.143. The summed E-state index contributed by atoms with van der Waals surface area (Å²) in [5, 5.41) is 12.4. The predicted molar refractivity (Wildman–Crippen MR) is 204 cm³/mol. The number of imide groups is 2. The van der Waals surface area contributed by atoms with Gasteiger partial charge in [-0.15, -0.1) is 0 Å². The summed E-state index contributed by atoms with van der Waals surface area (Å²) in [6.45, 7) is 0.296. The molecular formula is C45H41ClN2O6. The number of phenols is 1. The lowest BCUT2D eigenvalue weighted by Gasteiger charge is -2.50. The van der Waals surface area contributed by atoms with Gasteiger partial charge in [-0.25, -0.2) is 4.90 Å². The van der Waals surface area contributed by atoms with Crippen molar-refractivity contribution in [3.8, 4) is 11.5 Å². The number of aromatic hydroxyl groups is 1. The normalized spacial score (nSPS) is 28.1. The molecule has 0 aromatic heterocycles. The van der Waals surface area contributed by atoms with E-state index < -0.39 is 40.9 Å². The van der Waals surface area contributed by atoms with Crippen molar-refractivity contribution in [2.75, 3.05) is 4.90 Å². The van der Waals surface area contributed by atoms with Crippen molar-refractivity contribution in [2.45, 2.75) is 68.9 Å². The molecule has 54 heavy (non-hydrogen) atoms. The zero-order chi connectivity index (χ0) is 37.1. The first-order chi connectivity index (χ1) is 26.3. The van der Waals surface area contributed by atoms with E-state index >= 15 is 4.79 Å². The molecule has 2 aliphatic heterocycles. The third-order valence-corrected chi connectivity index (χ3v) is 12.9. The number of anilines is 1. The fourth-order valence-corrected chi connectivity index (χ4v) is 10.6. The second kappa shape index (κ2) is 13.6. The van der Waals surface area contributed by atoms with Crippen molar-refractivity contribution in [1.29, 1.82) is 0 Å². The van der Waals surface area contributed by atoms with Crippen LogP contribution in [0.1, 0.15) is 67.6 Å². The van der Waals surface area contributed by atoms with E-state index in [1.54, 1.807) is 47.4 Å². The molecule has 3 aliphatic carbocycles. The van der Waals surface area contributed by atoms with Crippen LogP contribution < -0.4 is 9.64 Å². The van der Waals surface area contributed by atoms with Gasteiger partial charge < -0.3 is 9.84 Å². The van der Waals surface area contributed by atoms with E-state index in [0.29, 0.717) is 40.6 Å². The molecule has 9 rings (SSSR count). The molecule has 5 aliphatic rings. The highest BCUT2D eigenvalue weighted by molar-refractivity contribution is 6.32. The molecule has 2 saturated heterocycles. The third-order valence-electron chi connectivity index (χ3n) is 12.7. The SMILES string of the molecule is O=C1C2CC3C(=CCC4C(=O)N(C5CCCCC5)C(=O)C43)C(c3ccc(OCc4ccccc4)cc3O)C2(c2ccccc2)C(=O)N1c1cccc(Cl)c1. The number of allylic oxidation sites excluding steroid dienone is 2. The standard InChI is InChI=1S/C45H41ClN2O6/c46-29-15-10-18-31(23-29)48-42(51)37-25-36-33(21-22-35-39(36)43(52)47(41(35)50)30-16-8-3-9-17-30)40(45(37,44(48)53)28-13-6-2-7-14-28)34-20-19-32(24-38(34)49)54-26-27-11-4-1-5-12-27/h1-2,4-7,10-15,18-21,23-24,30,35-37,39-40,49H,3,8-9,16-17,22,25-26H2. The molecule has 8 nitrogen and oxygen atoms in total. The molecule has 4 amide bonds. The molecule has 274 valence electrons. The number of hydrogen-bond donors (Lipinski definition) is 1. The highest BCUT2D eigenvalue weighted by atomic mass is 35.5. The number of hydrogen-bond acceptors (Lipinski definition) is 6. The minimum atomic E-state index is -1.48. The Kier molecular flexibility index (Phi) is 8.69. The molecule has 1 N–H and O–H groups in total. The van der Waals surface area contributed by atoms with Gasteiger partial charge in [-0.1, -0.05) is 115 Å². The van der Waals surface area contributed by atoms with E-state index in [4.69, 9.17) is 16.3 Å². The van der Waals surface area contributed by atoms with E-state index in [2.05, 4.69) is 0 Å². The van der Waals surface area contributed by atoms with E-state index in [9.17, 15) is 19.5 Å². The Balaban J connectivity index is 1.21. The first kappa shape index (κ1) is 34.6. The topological polar surface area (TPSA) is 104 Å². The summed E-state index contributed by atoms with van der Waals surface area (Å²) in [5.74, 6) is -4.16. The van der Waals surface area contributed by atoms with Crippen molar-refractivity contribution in [3.63, 3.8) is 0 Å². The number of rotatable bonds is 7. The number of nitrogens with zero attached hydrogens (tertiary/aromatic N) is 2. The van der Waals surface area contributed by atoms with Gasteiger partial charge in [0.25, 0.3) is 0 Å². The fourth-order valence-electron chi connectivity index (χ4n) is 10.4. The largest absolute Gasteiger partial charge is 0.508 e. The van der Waals surface area contributed by atoms with E-state index in [-0.39, 0.29) is 35.9 Å². The van der Waals surface area contributed by atoms with Crippen molar-refractivity contribution in [3.05, 3.63) is 136 Å². The van der Waals surface area contributed by atoms with Crippen LogP contribution in [0.3, 0.4) is 0 Å². The van der Waals surface area contributed by atoms with Gasteiger partial charge >= 0.3 is 0 Å². The molecule has 9 heteroatoms. The van der Waals surface area contributed by atoms with Crippen LogP contribution >= 0.6 is 11.6 Å². The quantitative estimate of drug-likeness (QED) is 0.152. The van der Waals surface area contributed by atoms with Crippen LogP contribution in [-0.2, 0) is 31.2 Å². The second-order valence-electron chi connectivity index (χ2n) is 15.4. The van der Waals surface area contributed by atoms with Crippen molar-refractivity contribution in [1.82, 2.24) is 4.90 Å². The second-order valence-corrected chi connectivity index (χ2v) is 15.9. The molecule has 6 atom stereocenters. The Labute approximate surface area is 319 Å². The smallest absolute Gasteiger partial charge is 0.246 e. The highest BCUT2D eigenvalue weighted by Crippen LogP contribution is 2.65. The van der Waals surface area contributed by atoms with Crippen molar-refractivity contribution in [2.24, 2.45) is 23.7 Å². The lowest BCUT2D eigenvalue weighted by Crippen LogP contribution is -2.53. The van der Waals surface area contributed by atoms with Crippen molar-refractivity contribution >= 4 is 40.9 Å². The maximum Gasteiger partial charge on any atom is 0.246 e. The number of benzene rings is 4. The van der Waals surface area contributed by atoms with E-state index in [0.717, 1.165) is 43.2 Å². The minimum Gasteiger partial charge on any atom is -0.508 e. The summed E-state index contributed by atoms with van der Waals surface area (Å²) in [4.78, 5) is 62.0. The van der Waals surface area contributed by atoms with Crippen LogP contribution in [0.2, 0.25) is 5.02 Å². The first-order valence-corrected chi connectivity index (χ1v) is 19.4. The third kappa shape index (κ3) is 5.32. The summed E-state index contributed by atoms with van der Waals surface area (Å²) in [6, 6.07) is 30.8. The number of carbonyl (C=O) groups is 4. The fraction of sp³-hybridized carbons (Fsp3) is 0.333. The Bertz CT molecular complexity index is 2180. The monoisotopic (exact) mass is 740 g/mol. The maximum atomic E-state index is 15.5. The lowest BCUT2D eigenvalue weighted by atomic mass is 9.49. The van der Waals surface area contributed by atoms with E-state index in [1.807, 2.05) is 66.7 Å². The van der Waals surface area contributed by atoms with Crippen LogP contribution in [0.15, 0.2) is 115 Å². The minimum absolute atomic E-state index is 0.0811. The Hall–Kier alpha value is -5.21. The zero-order valence-corrected chi connectivity index (χ0v) is 30.5. The van der Waals surface area contributed by atoms with Gasteiger partial charge in [0.15, 0.2) is 0 Å². The first-order valence-electron chi connectivity index (χ1n) is 19.0. The average Bonchev–Trinajstić information content (AvgIpc) is 3.59. The predicted octanol–water partition coefficient (Wildman–Crippen LogP) is 8.12. The molecule has 4 aromatic rings. The summed E-state index contributed by atoms with van der Waals surface area (Å²) < 4.78 is 6.09. The van der Waals surface area contributed by atoms with Gasteiger partial charge in [-0.3, -0.25) is 24.1 Å². The van der Waals surface area contributed by atoms with Crippen LogP contribution in [-0.4, -0.2) is 39.7 Å². The molecule has 2 heterocycles. The Morgan fingerprint density at radius 2 is 1.52 bits per heavy atom. The highest BCUT2D eigenvalue weighted by Gasteiger charge is 2.70. The van der Waals surface area contributed by atoms with Crippen molar-refractivity contribution < 1.29 is 29.0 Å². The Morgan fingerprint density at radius 1 is 0.778 bits per heavy atom.